The Morgan fingerprint density at radius 2 is 1.82 bits per heavy atom. The molecule has 3 aromatic rings. The highest BCUT2D eigenvalue weighted by atomic mass is 16.5. The predicted molar refractivity (Wildman–Crippen MR) is 124 cm³/mol. The lowest BCUT2D eigenvalue weighted by atomic mass is 10.2. The molecule has 0 bridgehead atoms. The van der Waals surface area contributed by atoms with Crippen molar-refractivity contribution in [3.8, 4) is 11.4 Å². The minimum absolute atomic E-state index is 0.220. The van der Waals surface area contributed by atoms with Crippen molar-refractivity contribution in [1.29, 1.82) is 0 Å². The van der Waals surface area contributed by atoms with Crippen LogP contribution >= 0.6 is 0 Å². The van der Waals surface area contributed by atoms with Crippen LogP contribution in [-0.4, -0.2) is 92.8 Å². The average Bonchev–Trinajstić information content (AvgIpc) is 3.26. The van der Waals surface area contributed by atoms with Gasteiger partial charge in [-0.15, -0.1) is 5.10 Å². The van der Waals surface area contributed by atoms with Gasteiger partial charge in [0.15, 0.2) is 11.6 Å². The maximum absolute atomic E-state index is 12.0. The monoisotopic (exact) mass is 451 g/mol. The Hall–Kier alpha value is -3.31. The van der Waals surface area contributed by atoms with Gasteiger partial charge in [-0.3, -0.25) is 9.69 Å². The molecular weight excluding hydrogens is 422 g/mol. The number of hydrogen-bond acceptors (Lipinski definition) is 9. The van der Waals surface area contributed by atoms with Gasteiger partial charge in [0.1, 0.15) is 5.52 Å². The third-order valence-corrected chi connectivity index (χ3v) is 6.17. The number of amides is 1. The molecule has 5 rings (SSSR count). The van der Waals surface area contributed by atoms with E-state index >= 15 is 0 Å². The molecule has 5 heterocycles. The Morgan fingerprint density at radius 3 is 2.52 bits per heavy atom. The van der Waals surface area contributed by atoms with E-state index in [4.69, 9.17) is 20.6 Å². The second-order valence-electron chi connectivity index (χ2n) is 8.38. The summed E-state index contributed by atoms with van der Waals surface area (Å²) in [5.41, 5.74) is 8.50. The summed E-state index contributed by atoms with van der Waals surface area (Å²) in [4.78, 5) is 31.6. The van der Waals surface area contributed by atoms with Crippen molar-refractivity contribution in [2.24, 2.45) is 0 Å². The Kier molecular flexibility index (Phi) is 6.05. The van der Waals surface area contributed by atoms with Crippen LogP contribution in [0, 0.1) is 0 Å². The van der Waals surface area contributed by atoms with Gasteiger partial charge >= 0.3 is 0 Å². The smallest absolute Gasteiger partial charge is 0.222 e. The Morgan fingerprint density at radius 1 is 1.09 bits per heavy atom. The number of morpholine rings is 1. The molecule has 11 nitrogen and oxygen atoms in total. The molecule has 11 heteroatoms. The van der Waals surface area contributed by atoms with Gasteiger partial charge in [-0.05, 0) is 11.6 Å². The molecule has 2 saturated heterocycles. The van der Waals surface area contributed by atoms with Gasteiger partial charge in [-0.25, -0.2) is 19.5 Å². The van der Waals surface area contributed by atoms with Crippen LogP contribution in [0.2, 0.25) is 0 Å². The van der Waals surface area contributed by atoms with Crippen molar-refractivity contribution in [2.75, 3.05) is 63.1 Å². The number of anilines is 2. The molecule has 0 atom stereocenters. The number of nitrogen functional groups attached to an aromatic ring is 1. The van der Waals surface area contributed by atoms with Gasteiger partial charge in [-0.2, -0.15) is 0 Å². The molecule has 2 aliphatic heterocycles. The molecule has 0 aromatic carbocycles. The highest BCUT2D eigenvalue weighted by Gasteiger charge is 2.22. The van der Waals surface area contributed by atoms with E-state index in [9.17, 15) is 4.79 Å². The fraction of sp³-hybridized carbons (Fsp3) is 0.500. The maximum Gasteiger partial charge on any atom is 0.222 e. The van der Waals surface area contributed by atoms with E-state index in [0.29, 0.717) is 31.0 Å². The lowest BCUT2D eigenvalue weighted by Gasteiger charge is -2.34. The average molecular weight is 452 g/mol. The zero-order valence-electron chi connectivity index (χ0n) is 18.9. The Bertz CT molecular complexity index is 1120. The lowest BCUT2D eigenvalue weighted by molar-refractivity contribution is -0.132. The van der Waals surface area contributed by atoms with E-state index in [-0.39, 0.29) is 11.9 Å². The molecule has 0 radical (unpaired) electrons. The topological polar surface area (TPSA) is 118 Å². The molecule has 174 valence electrons. The summed E-state index contributed by atoms with van der Waals surface area (Å²) >= 11 is 0. The Balaban J connectivity index is 1.43. The van der Waals surface area contributed by atoms with E-state index in [1.54, 1.807) is 12.4 Å². The van der Waals surface area contributed by atoms with E-state index in [0.717, 1.165) is 57.1 Å². The number of hydrogen-bond donors (Lipinski definition) is 1. The SMILES string of the molecule is CCC(=O)N1CCN(Cc2cc3c(N4CCOCC4)nc(-c4cnc(N)nc4)nn3c2)CC1. The van der Waals surface area contributed by atoms with Crippen LogP contribution in [0.3, 0.4) is 0 Å². The van der Waals surface area contributed by atoms with Crippen molar-refractivity contribution in [3.63, 3.8) is 0 Å². The number of piperazine rings is 1. The fourth-order valence-corrected chi connectivity index (χ4v) is 4.34. The normalized spacial score (nSPS) is 17.6. The predicted octanol–water partition coefficient (Wildman–Crippen LogP) is 0.659. The summed E-state index contributed by atoms with van der Waals surface area (Å²) in [6.07, 6.45) is 5.92. The zero-order chi connectivity index (χ0) is 22.8. The van der Waals surface area contributed by atoms with Crippen molar-refractivity contribution < 1.29 is 9.53 Å². The minimum atomic E-state index is 0.220. The van der Waals surface area contributed by atoms with E-state index in [1.807, 2.05) is 16.3 Å². The van der Waals surface area contributed by atoms with Crippen LogP contribution in [0.1, 0.15) is 18.9 Å². The maximum atomic E-state index is 12.0. The van der Waals surface area contributed by atoms with E-state index in [2.05, 4.69) is 32.0 Å². The first-order valence-electron chi connectivity index (χ1n) is 11.4. The molecule has 1 amide bonds. The number of carbonyl (C=O) groups excluding carboxylic acids is 1. The molecule has 2 fully saturated rings. The van der Waals surface area contributed by atoms with Crippen LogP contribution in [0.4, 0.5) is 11.8 Å². The number of aromatic nitrogens is 5. The number of carbonyl (C=O) groups is 1. The van der Waals surface area contributed by atoms with Crippen LogP contribution in [0.25, 0.3) is 16.9 Å². The summed E-state index contributed by atoms with van der Waals surface area (Å²) in [5, 5.41) is 4.75. The first-order valence-corrected chi connectivity index (χ1v) is 11.4. The molecule has 0 spiro atoms. The summed E-state index contributed by atoms with van der Waals surface area (Å²) in [6.45, 7) is 8.91. The van der Waals surface area contributed by atoms with Crippen molar-refractivity contribution in [2.45, 2.75) is 19.9 Å². The molecule has 0 aliphatic carbocycles. The minimum Gasteiger partial charge on any atom is -0.378 e. The van der Waals surface area contributed by atoms with Crippen molar-refractivity contribution in [1.82, 2.24) is 34.4 Å². The van der Waals surface area contributed by atoms with Gasteiger partial charge in [0.2, 0.25) is 11.9 Å². The second-order valence-corrected chi connectivity index (χ2v) is 8.38. The third kappa shape index (κ3) is 4.60. The second kappa shape index (κ2) is 9.28. The van der Waals surface area contributed by atoms with Gasteiger partial charge in [-0.1, -0.05) is 6.92 Å². The largest absolute Gasteiger partial charge is 0.378 e. The van der Waals surface area contributed by atoms with Crippen molar-refractivity contribution in [3.05, 3.63) is 30.2 Å². The molecule has 2 N–H and O–H groups in total. The summed E-state index contributed by atoms with van der Waals surface area (Å²) in [6, 6.07) is 2.16. The number of rotatable bonds is 5. The number of fused-ring (bicyclic) bond motifs is 1. The standard InChI is InChI=1S/C22H29N9O2/c1-2-19(32)29-5-3-28(4-6-29)14-16-11-18-21(30-7-9-33-10-8-30)26-20(27-31(18)15-16)17-12-24-22(23)25-13-17/h11-13,15H,2-10,14H2,1H3,(H2,23,24,25). The Labute approximate surface area is 192 Å². The molecule has 33 heavy (non-hydrogen) atoms. The fourth-order valence-electron chi connectivity index (χ4n) is 4.34. The zero-order valence-corrected chi connectivity index (χ0v) is 18.9. The van der Waals surface area contributed by atoms with E-state index in [1.165, 1.54) is 5.56 Å². The molecule has 2 aliphatic rings. The van der Waals surface area contributed by atoms with Crippen molar-refractivity contribution >= 4 is 23.2 Å². The first kappa shape index (κ1) is 21.5. The highest BCUT2D eigenvalue weighted by Crippen LogP contribution is 2.26. The van der Waals surface area contributed by atoms with E-state index < -0.39 is 0 Å². The van der Waals surface area contributed by atoms with Gasteiger partial charge in [0.25, 0.3) is 0 Å². The molecule has 0 unspecified atom stereocenters. The number of nitrogens with two attached hydrogens (primary N) is 1. The molecule has 0 saturated carbocycles. The van der Waals surface area contributed by atoms with Gasteiger partial charge in [0.05, 0.1) is 18.8 Å². The lowest BCUT2D eigenvalue weighted by Crippen LogP contribution is -2.48. The van der Waals surface area contributed by atoms with Crippen LogP contribution in [0.5, 0.6) is 0 Å². The van der Waals surface area contributed by atoms with Gasteiger partial charge < -0.3 is 20.3 Å². The third-order valence-electron chi connectivity index (χ3n) is 6.17. The van der Waals surface area contributed by atoms with Gasteiger partial charge in [0, 0.05) is 70.8 Å². The van der Waals surface area contributed by atoms with Crippen LogP contribution in [-0.2, 0) is 16.1 Å². The highest BCUT2D eigenvalue weighted by molar-refractivity contribution is 5.76. The summed E-state index contributed by atoms with van der Waals surface area (Å²) in [5.74, 6) is 1.88. The van der Waals surface area contributed by atoms with Crippen LogP contribution < -0.4 is 10.6 Å². The summed E-state index contributed by atoms with van der Waals surface area (Å²) in [7, 11) is 0. The summed E-state index contributed by atoms with van der Waals surface area (Å²) < 4.78 is 7.44. The number of nitrogens with zero attached hydrogens (tertiary/aromatic N) is 8. The first-order chi connectivity index (χ1) is 16.1. The molecule has 3 aromatic heterocycles. The van der Waals surface area contributed by atoms with Crippen LogP contribution in [0.15, 0.2) is 24.7 Å². The molecular formula is C22H29N9O2. The quantitative estimate of drug-likeness (QED) is 0.597. The number of ether oxygens (including phenoxy) is 1.